The highest BCUT2D eigenvalue weighted by Gasteiger charge is 2.30. The van der Waals surface area contributed by atoms with E-state index in [1.165, 1.54) is 0 Å². The standard InChI is InChI=1S/C24H39FN2O2/c1-23(2,3)9-11-27-10-8-17(21(25)16-27)15-26-22(28)18-12-19(24(4,5)6)14-20(13-18)29-7/h12-14,17,21H,8-11,15-16H2,1-7H3,(H,26,28). The molecule has 0 radical (unpaired) electrons. The van der Waals surface area contributed by atoms with Crippen molar-refractivity contribution in [2.24, 2.45) is 11.3 Å². The number of carbonyl (C=O) groups excluding carboxylic acids is 1. The lowest BCUT2D eigenvalue weighted by Gasteiger charge is -2.36. The first kappa shape index (κ1) is 23.7. The minimum atomic E-state index is -0.903. The van der Waals surface area contributed by atoms with Crippen LogP contribution in [0.15, 0.2) is 18.2 Å². The molecule has 1 aliphatic rings. The van der Waals surface area contributed by atoms with Crippen molar-refractivity contribution in [1.82, 2.24) is 10.2 Å². The number of likely N-dealkylation sites (tertiary alicyclic amines) is 1. The normalized spacial score (nSPS) is 21.1. The monoisotopic (exact) mass is 406 g/mol. The highest BCUT2D eigenvalue weighted by atomic mass is 19.1. The molecule has 1 fully saturated rings. The molecule has 2 atom stereocenters. The van der Waals surface area contributed by atoms with Gasteiger partial charge in [0, 0.05) is 24.6 Å². The number of halogens is 1. The van der Waals surface area contributed by atoms with Gasteiger partial charge in [-0.1, -0.05) is 41.5 Å². The molecule has 0 aliphatic carbocycles. The Balaban J connectivity index is 1.93. The predicted octanol–water partition coefficient (Wildman–Crippen LogP) is 4.82. The fourth-order valence-corrected chi connectivity index (χ4v) is 3.55. The van der Waals surface area contributed by atoms with E-state index in [0.29, 0.717) is 24.4 Å². The highest BCUT2D eigenvalue weighted by molar-refractivity contribution is 5.94. The average Bonchev–Trinajstić information content (AvgIpc) is 2.63. The Morgan fingerprint density at radius 2 is 1.90 bits per heavy atom. The Hall–Kier alpha value is -1.62. The van der Waals surface area contributed by atoms with Crippen molar-refractivity contribution < 1.29 is 13.9 Å². The smallest absolute Gasteiger partial charge is 0.251 e. The first-order valence-corrected chi connectivity index (χ1v) is 10.7. The van der Waals surface area contributed by atoms with Crippen molar-refractivity contribution in [3.8, 4) is 5.75 Å². The Morgan fingerprint density at radius 1 is 1.21 bits per heavy atom. The van der Waals surface area contributed by atoms with Gasteiger partial charge in [0.15, 0.2) is 0 Å². The molecule has 1 amide bonds. The van der Waals surface area contributed by atoms with Crippen LogP contribution in [0.1, 0.15) is 70.3 Å². The molecule has 2 unspecified atom stereocenters. The minimum Gasteiger partial charge on any atom is -0.497 e. The molecular weight excluding hydrogens is 367 g/mol. The molecular formula is C24H39FN2O2. The van der Waals surface area contributed by atoms with Gasteiger partial charge in [0.25, 0.3) is 5.91 Å². The van der Waals surface area contributed by atoms with Crippen LogP contribution in [0, 0.1) is 11.3 Å². The quantitative estimate of drug-likeness (QED) is 0.736. The second kappa shape index (κ2) is 9.46. The molecule has 1 N–H and O–H groups in total. The van der Waals surface area contributed by atoms with E-state index in [1.54, 1.807) is 13.2 Å². The molecule has 1 aromatic carbocycles. The predicted molar refractivity (Wildman–Crippen MR) is 118 cm³/mol. The Labute approximate surface area is 176 Å². The average molecular weight is 407 g/mol. The molecule has 1 aliphatic heterocycles. The molecule has 0 saturated carbocycles. The van der Waals surface area contributed by atoms with Crippen molar-refractivity contribution in [1.29, 1.82) is 0 Å². The van der Waals surface area contributed by atoms with E-state index >= 15 is 0 Å². The van der Waals surface area contributed by atoms with Gasteiger partial charge in [0.05, 0.1) is 7.11 Å². The molecule has 29 heavy (non-hydrogen) atoms. The summed E-state index contributed by atoms with van der Waals surface area (Å²) in [6.07, 6.45) is 0.934. The summed E-state index contributed by atoms with van der Waals surface area (Å²) in [5, 5.41) is 2.95. The second-order valence-electron chi connectivity index (χ2n) is 10.6. The third-order valence-corrected chi connectivity index (χ3v) is 5.73. The van der Waals surface area contributed by atoms with Crippen molar-refractivity contribution in [3.05, 3.63) is 29.3 Å². The lowest BCUT2D eigenvalue weighted by Crippen LogP contribution is -2.46. The third-order valence-electron chi connectivity index (χ3n) is 5.73. The number of alkyl halides is 1. The van der Waals surface area contributed by atoms with Crippen LogP contribution < -0.4 is 10.1 Å². The Kier molecular flexibility index (Phi) is 7.72. The van der Waals surface area contributed by atoms with Crippen molar-refractivity contribution in [3.63, 3.8) is 0 Å². The largest absolute Gasteiger partial charge is 0.497 e. The number of ether oxygens (including phenoxy) is 1. The summed E-state index contributed by atoms with van der Waals surface area (Å²) in [5.74, 6) is 0.368. The second-order valence-corrected chi connectivity index (χ2v) is 10.6. The van der Waals surface area contributed by atoms with E-state index in [0.717, 1.165) is 31.5 Å². The van der Waals surface area contributed by atoms with Crippen LogP contribution in [-0.2, 0) is 5.41 Å². The summed E-state index contributed by atoms with van der Waals surface area (Å²) >= 11 is 0. The van der Waals surface area contributed by atoms with Crippen LogP contribution in [-0.4, -0.2) is 50.3 Å². The molecule has 2 rings (SSSR count). The van der Waals surface area contributed by atoms with Crippen LogP contribution in [0.3, 0.4) is 0 Å². The SMILES string of the molecule is COc1cc(C(=O)NCC2CCN(CCC(C)(C)C)CC2F)cc(C(C)(C)C)c1. The van der Waals surface area contributed by atoms with Gasteiger partial charge in [-0.15, -0.1) is 0 Å². The summed E-state index contributed by atoms with van der Waals surface area (Å²) in [7, 11) is 1.60. The summed E-state index contributed by atoms with van der Waals surface area (Å²) < 4.78 is 20.1. The van der Waals surface area contributed by atoms with E-state index in [-0.39, 0.29) is 22.7 Å². The fourth-order valence-electron chi connectivity index (χ4n) is 3.55. The zero-order valence-corrected chi connectivity index (χ0v) is 19.3. The van der Waals surface area contributed by atoms with Gasteiger partial charge in [0.1, 0.15) is 11.9 Å². The number of nitrogens with one attached hydrogen (secondary N) is 1. The first-order chi connectivity index (χ1) is 13.4. The van der Waals surface area contributed by atoms with Gasteiger partial charge < -0.3 is 15.0 Å². The summed E-state index contributed by atoms with van der Waals surface area (Å²) in [6.45, 7) is 15.6. The molecule has 1 aromatic rings. The highest BCUT2D eigenvalue weighted by Crippen LogP contribution is 2.28. The number of nitrogens with zero attached hydrogens (tertiary/aromatic N) is 1. The van der Waals surface area contributed by atoms with Crippen LogP contribution in [0.2, 0.25) is 0 Å². The van der Waals surface area contributed by atoms with Crippen LogP contribution in [0.25, 0.3) is 0 Å². The van der Waals surface area contributed by atoms with Crippen molar-refractivity contribution in [2.45, 2.75) is 66.0 Å². The Morgan fingerprint density at radius 3 is 2.45 bits per heavy atom. The Bertz CT molecular complexity index is 691. The molecule has 1 saturated heterocycles. The number of carbonyl (C=O) groups is 1. The number of benzene rings is 1. The van der Waals surface area contributed by atoms with E-state index in [9.17, 15) is 9.18 Å². The molecule has 0 aromatic heterocycles. The lowest BCUT2D eigenvalue weighted by atomic mass is 9.86. The lowest BCUT2D eigenvalue weighted by molar-refractivity contribution is 0.0724. The first-order valence-electron chi connectivity index (χ1n) is 10.7. The molecule has 1 heterocycles. The van der Waals surface area contributed by atoms with Crippen LogP contribution in [0.5, 0.6) is 5.75 Å². The van der Waals surface area contributed by atoms with E-state index in [4.69, 9.17) is 4.74 Å². The van der Waals surface area contributed by atoms with Gasteiger partial charge in [-0.2, -0.15) is 0 Å². The number of hydrogen-bond acceptors (Lipinski definition) is 3. The minimum absolute atomic E-state index is 0.0898. The van der Waals surface area contributed by atoms with Gasteiger partial charge in [0.2, 0.25) is 0 Å². The maximum absolute atomic E-state index is 14.7. The van der Waals surface area contributed by atoms with Gasteiger partial charge in [-0.25, -0.2) is 4.39 Å². The zero-order chi connectivity index (χ0) is 21.8. The van der Waals surface area contributed by atoms with E-state index in [2.05, 4.69) is 51.8 Å². The maximum Gasteiger partial charge on any atom is 0.251 e. The van der Waals surface area contributed by atoms with Crippen molar-refractivity contribution in [2.75, 3.05) is 33.3 Å². The zero-order valence-electron chi connectivity index (χ0n) is 19.3. The number of piperidine rings is 1. The maximum atomic E-state index is 14.7. The van der Waals surface area contributed by atoms with E-state index in [1.807, 2.05) is 12.1 Å². The number of methoxy groups -OCH3 is 1. The number of amides is 1. The van der Waals surface area contributed by atoms with Crippen molar-refractivity contribution >= 4 is 5.91 Å². The summed E-state index contributed by atoms with van der Waals surface area (Å²) in [4.78, 5) is 14.9. The number of hydrogen-bond donors (Lipinski definition) is 1. The molecule has 0 spiro atoms. The van der Waals surface area contributed by atoms with Crippen LogP contribution in [0.4, 0.5) is 4.39 Å². The summed E-state index contributed by atoms with van der Waals surface area (Å²) in [6, 6.07) is 5.61. The van der Waals surface area contributed by atoms with Crippen LogP contribution >= 0.6 is 0 Å². The number of rotatable bonds is 6. The summed E-state index contributed by atoms with van der Waals surface area (Å²) in [5.41, 5.74) is 1.78. The third kappa shape index (κ3) is 7.29. The van der Waals surface area contributed by atoms with Gasteiger partial charge in [-0.05, 0) is 60.5 Å². The van der Waals surface area contributed by atoms with Gasteiger partial charge >= 0.3 is 0 Å². The topological polar surface area (TPSA) is 41.6 Å². The van der Waals surface area contributed by atoms with E-state index < -0.39 is 6.17 Å². The van der Waals surface area contributed by atoms with Gasteiger partial charge in [-0.3, -0.25) is 4.79 Å². The fraction of sp³-hybridized carbons (Fsp3) is 0.708. The molecule has 0 bridgehead atoms. The molecule has 164 valence electrons. The molecule has 5 heteroatoms. The molecule has 4 nitrogen and oxygen atoms in total.